The second kappa shape index (κ2) is 12.0. The van der Waals surface area contributed by atoms with Crippen molar-refractivity contribution >= 4 is 41.8 Å². The Morgan fingerprint density at radius 1 is 1.05 bits per heavy atom. The molecule has 0 aliphatic carbocycles. The van der Waals surface area contributed by atoms with E-state index in [1.165, 1.54) is 19.1 Å². The topological polar surface area (TPSA) is 55.8 Å². The second-order valence-electron chi connectivity index (χ2n) is 11.9. The van der Waals surface area contributed by atoms with E-state index in [1.807, 2.05) is 42.5 Å². The van der Waals surface area contributed by atoms with Gasteiger partial charge in [0.15, 0.2) is 8.32 Å². The minimum atomic E-state index is -2.18. The highest BCUT2D eigenvalue weighted by molar-refractivity contribution is 9.10. The minimum absolute atomic E-state index is 0.0121. The molecule has 4 rings (SSSR count). The number of rotatable bonds is 9. The van der Waals surface area contributed by atoms with E-state index in [4.69, 9.17) is 9.16 Å². The third-order valence-corrected chi connectivity index (χ3v) is 13.0. The van der Waals surface area contributed by atoms with Crippen LogP contribution in [0.4, 0.5) is 10.1 Å². The molecule has 1 aliphatic heterocycles. The number of carbonyl (C=O) groups is 2. The van der Waals surface area contributed by atoms with E-state index in [-0.39, 0.29) is 34.8 Å². The molecule has 0 aromatic heterocycles. The lowest BCUT2D eigenvalue weighted by Crippen LogP contribution is -2.55. The highest BCUT2D eigenvalue weighted by atomic mass is 79.9. The molecule has 1 amide bonds. The SMILES string of the molecule is CC(=O)Oc1cc(Br)ccc1C1C(CCC(O[Si](C)(C)C(C)(C)C)c2ccc(F)cc2)C(=O)N1c1ccccc1. The van der Waals surface area contributed by atoms with Crippen LogP contribution in [0.2, 0.25) is 18.1 Å². The molecule has 0 bridgehead atoms. The van der Waals surface area contributed by atoms with Gasteiger partial charge < -0.3 is 14.1 Å². The molecule has 3 atom stereocenters. The minimum Gasteiger partial charge on any atom is -0.426 e. The van der Waals surface area contributed by atoms with E-state index < -0.39 is 14.3 Å². The molecule has 1 aliphatic rings. The van der Waals surface area contributed by atoms with E-state index in [9.17, 15) is 14.0 Å². The quantitative estimate of drug-likeness (QED) is 0.103. The van der Waals surface area contributed by atoms with Gasteiger partial charge in [0.05, 0.1) is 18.1 Å². The Labute approximate surface area is 245 Å². The van der Waals surface area contributed by atoms with Crippen LogP contribution >= 0.6 is 15.9 Å². The first-order chi connectivity index (χ1) is 18.8. The van der Waals surface area contributed by atoms with Crippen LogP contribution in [0.3, 0.4) is 0 Å². The van der Waals surface area contributed by atoms with Gasteiger partial charge in [0.2, 0.25) is 5.91 Å². The number of hydrogen-bond acceptors (Lipinski definition) is 4. The fraction of sp³-hybridized carbons (Fsp3) is 0.375. The van der Waals surface area contributed by atoms with Gasteiger partial charge in [-0.25, -0.2) is 4.39 Å². The number of amides is 1. The summed E-state index contributed by atoms with van der Waals surface area (Å²) >= 11 is 3.48. The predicted molar refractivity (Wildman–Crippen MR) is 162 cm³/mol. The Bertz CT molecular complexity index is 1360. The van der Waals surface area contributed by atoms with Gasteiger partial charge in [0.25, 0.3) is 0 Å². The maximum Gasteiger partial charge on any atom is 0.308 e. The summed E-state index contributed by atoms with van der Waals surface area (Å²) in [5, 5.41) is -0.0133. The Kier molecular flexibility index (Phi) is 9.02. The van der Waals surface area contributed by atoms with Crippen molar-refractivity contribution in [3.63, 3.8) is 0 Å². The summed E-state index contributed by atoms with van der Waals surface area (Å²) < 4.78 is 27.0. The highest BCUT2D eigenvalue weighted by Gasteiger charge is 2.50. The summed E-state index contributed by atoms with van der Waals surface area (Å²) in [6.45, 7) is 12.3. The highest BCUT2D eigenvalue weighted by Crippen LogP contribution is 2.50. The summed E-state index contributed by atoms with van der Waals surface area (Å²) in [7, 11) is -2.18. The van der Waals surface area contributed by atoms with Crippen molar-refractivity contribution in [2.45, 2.75) is 70.8 Å². The molecule has 8 heteroatoms. The van der Waals surface area contributed by atoms with Crippen molar-refractivity contribution < 1.29 is 23.1 Å². The molecule has 1 heterocycles. The molecular weight excluding hydrogens is 589 g/mol. The Morgan fingerprint density at radius 2 is 1.70 bits per heavy atom. The predicted octanol–water partition coefficient (Wildman–Crippen LogP) is 8.76. The molecule has 5 nitrogen and oxygen atoms in total. The third kappa shape index (κ3) is 6.56. The largest absolute Gasteiger partial charge is 0.426 e. The number of halogens is 2. The van der Waals surface area contributed by atoms with Crippen LogP contribution in [0.5, 0.6) is 5.75 Å². The van der Waals surface area contributed by atoms with Crippen molar-refractivity contribution in [1.29, 1.82) is 0 Å². The van der Waals surface area contributed by atoms with Gasteiger partial charge in [0.1, 0.15) is 11.6 Å². The summed E-state index contributed by atoms with van der Waals surface area (Å²) in [5.74, 6) is -0.625. The number of benzene rings is 3. The van der Waals surface area contributed by atoms with E-state index in [2.05, 4.69) is 49.8 Å². The monoisotopic (exact) mass is 625 g/mol. The Hall–Kier alpha value is -2.81. The first-order valence-corrected chi connectivity index (χ1v) is 17.3. The number of hydrogen-bond donors (Lipinski definition) is 0. The lowest BCUT2D eigenvalue weighted by molar-refractivity contribution is -0.132. The molecule has 0 spiro atoms. The lowest BCUT2D eigenvalue weighted by atomic mass is 9.78. The smallest absolute Gasteiger partial charge is 0.308 e. The molecule has 3 unspecified atom stereocenters. The first-order valence-electron chi connectivity index (χ1n) is 13.6. The number of carbonyl (C=O) groups excluding carboxylic acids is 2. The standard InChI is InChI=1S/C32H37BrFNO4Si/c1-21(36)38-29-20-23(33)14-17-26(29)30-27(31(37)35(30)25-10-8-7-9-11-25)18-19-28(22-12-15-24(34)16-13-22)39-40(5,6)32(2,3)4/h7-17,20,27-28,30H,18-19H2,1-6H3. The fourth-order valence-electron chi connectivity index (χ4n) is 4.89. The van der Waals surface area contributed by atoms with Crippen LogP contribution in [0.1, 0.15) is 63.8 Å². The molecule has 0 radical (unpaired) electrons. The van der Waals surface area contributed by atoms with Crippen molar-refractivity contribution in [2.75, 3.05) is 4.90 Å². The van der Waals surface area contributed by atoms with E-state index in [1.54, 1.807) is 23.1 Å². The molecule has 40 heavy (non-hydrogen) atoms. The molecule has 3 aromatic carbocycles. The van der Waals surface area contributed by atoms with Crippen molar-refractivity contribution in [2.24, 2.45) is 5.92 Å². The second-order valence-corrected chi connectivity index (χ2v) is 17.5. The van der Waals surface area contributed by atoms with Gasteiger partial charge in [-0.05, 0) is 72.9 Å². The number of esters is 1. The average Bonchev–Trinajstić information content (AvgIpc) is 2.87. The number of ether oxygens (including phenoxy) is 1. The molecular formula is C32H37BrFNO4Si. The summed E-state index contributed by atoms with van der Waals surface area (Å²) in [6.07, 6.45) is 0.866. The van der Waals surface area contributed by atoms with E-state index >= 15 is 0 Å². The van der Waals surface area contributed by atoms with Gasteiger partial charge in [-0.3, -0.25) is 9.59 Å². The number of β-lactam (4-membered cyclic amide) rings is 1. The average molecular weight is 627 g/mol. The zero-order valence-electron chi connectivity index (χ0n) is 23.9. The Balaban J connectivity index is 1.68. The third-order valence-electron chi connectivity index (χ3n) is 8.02. The van der Waals surface area contributed by atoms with Crippen molar-refractivity contribution in [3.05, 3.63) is 94.2 Å². The van der Waals surface area contributed by atoms with Crippen LogP contribution in [-0.4, -0.2) is 20.2 Å². The maximum absolute atomic E-state index is 13.8. The van der Waals surface area contributed by atoms with Crippen LogP contribution in [-0.2, 0) is 14.0 Å². The van der Waals surface area contributed by atoms with Gasteiger partial charge in [-0.15, -0.1) is 0 Å². The van der Waals surface area contributed by atoms with Crippen LogP contribution < -0.4 is 9.64 Å². The van der Waals surface area contributed by atoms with E-state index in [0.29, 0.717) is 18.6 Å². The zero-order valence-corrected chi connectivity index (χ0v) is 26.5. The van der Waals surface area contributed by atoms with Gasteiger partial charge in [-0.2, -0.15) is 0 Å². The summed E-state index contributed by atoms with van der Waals surface area (Å²) in [5.41, 5.74) is 2.47. The Morgan fingerprint density at radius 3 is 2.30 bits per heavy atom. The normalized spacial score (nSPS) is 18.3. The van der Waals surface area contributed by atoms with Crippen molar-refractivity contribution in [1.82, 2.24) is 0 Å². The number of para-hydroxylation sites is 1. The molecule has 0 saturated carbocycles. The van der Waals surface area contributed by atoms with Gasteiger partial charge in [-0.1, -0.05) is 73.1 Å². The van der Waals surface area contributed by atoms with Gasteiger partial charge in [0, 0.05) is 22.6 Å². The van der Waals surface area contributed by atoms with E-state index in [0.717, 1.165) is 21.3 Å². The summed E-state index contributed by atoms with van der Waals surface area (Å²) in [4.78, 5) is 27.4. The summed E-state index contributed by atoms with van der Waals surface area (Å²) in [6, 6.07) is 21.3. The molecule has 3 aromatic rings. The fourth-order valence-corrected chi connectivity index (χ4v) is 6.55. The lowest BCUT2D eigenvalue weighted by Gasteiger charge is -2.48. The molecule has 0 N–H and O–H groups in total. The van der Waals surface area contributed by atoms with Crippen molar-refractivity contribution in [3.8, 4) is 5.75 Å². The molecule has 1 fully saturated rings. The van der Waals surface area contributed by atoms with Crippen LogP contribution in [0.15, 0.2) is 77.3 Å². The van der Waals surface area contributed by atoms with Crippen LogP contribution in [0.25, 0.3) is 0 Å². The van der Waals surface area contributed by atoms with Gasteiger partial charge >= 0.3 is 5.97 Å². The molecule has 1 saturated heterocycles. The van der Waals surface area contributed by atoms with Crippen LogP contribution in [0, 0.1) is 11.7 Å². The maximum atomic E-state index is 13.8. The first kappa shape index (κ1) is 30.2. The molecule has 212 valence electrons. The number of nitrogens with zero attached hydrogens (tertiary/aromatic N) is 1. The zero-order chi connectivity index (χ0) is 29.2. The number of anilines is 1.